The summed E-state index contributed by atoms with van der Waals surface area (Å²) in [6, 6.07) is 12.6. The van der Waals surface area contributed by atoms with Gasteiger partial charge in [-0.1, -0.05) is 6.07 Å². The summed E-state index contributed by atoms with van der Waals surface area (Å²) >= 11 is 0. The first kappa shape index (κ1) is 17.1. The monoisotopic (exact) mass is 341 g/mol. The van der Waals surface area contributed by atoms with Crippen LogP contribution in [-0.2, 0) is 0 Å². The fraction of sp³-hybridized carbons (Fsp3) is 0.350. The van der Waals surface area contributed by atoms with Crippen molar-refractivity contribution in [2.24, 2.45) is 0 Å². The molecule has 2 aromatic rings. The topological polar surface area (TPSA) is 56.8 Å². The molecule has 0 atom stereocenters. The Morgan fingerprint density at radius 1 is 1.00 bits per heavy atom. The third-order valence-corrected chi connectivity index (χ3v) is 4.34. The van der Waals surface area contributed by atoms with E-state index in [2.05, 4.69) is 5.32 Å². The first-order valence-corrected chi connectivity index (χ1v) is 8.49. The van der Waals surface area contributed by atoms with Crippen LogP contribution in [0.1, 0.15) is 36.0 Å². The Morgan fingerprint density at radius 2 is 1.76 bits per heavy atom. The second kappa shape index (κ2) is 7.92. The molecule has 0 heterocycles. The zero-order chi connectivity index (χ0) is 17.6. The maximum absolute atomic E-state index is 12.5. The summed E-state index contributed by atoms with van der Waals surface area (Å²) in [4.78, 5) is 12.5. The molecule has 0 unspecified atom stereocenters. The number of anilines is 1. The highest BCUT2D eigenvalue weighted by Gasteiger charge is 2.17. The van der Waals surface area contributed by atoms with E-state index in [9.17, 15) is 4.79 Å². The molecule has 5 heteroatoms. The molecule has 1 amide bonds. The quantitative estimate of drug-likeness (QED) is 0.852. The van der Waals surface area contributed by atoms with E-state index < -0.39 is 0 Å². The van der Waals surface area contributed by atoms with Crippen LogP contribution in [0.5, 0.6) is 17.2 Å². The first-order chi connectivity index (χ1) is 12.2. The van der Waals surface area contributed by atoms with Crippen LogP contribution >= 0.6 is 0 Å². The Labute approximate surface area is 147 Å². The second-order valence-electron chi connectivity index (χ2n) is 6.08. The molecule has 0 bridgehead atoms. The number of nitrogens with one attached hydrogen (secondary N) is 1. The SMILES string of the molecule is COc1ccc(C(=O)Nc2cccc(OC3CCCC3)c2)cc1OC. The normalized spacial score (nSPS) is 14.2. The largest absolute Gasteiger partial charge is 0.493 e. The molecule has 0 spiro atoms. The van der Waals surface area contributed by atoms with Gasteiger partial charge in [-0.05, 0) is 56.0 Å². The summed E-state index contributed by atoms with van der Waals surface area (Å²) < 4.78 is 16.4. The maximum atomic E-state index is 12.5. The van der Waals surface area contributed by atoms with Gasteiger partial charge in [-0.15, -0.1) is 0 Å². The number of amides is 1. The number of hydrogen-bond donors (Lipinski definition) is 1. The van der Waals surface area contributed by atoms with Gasteiger partial charge < -0.3 is 19.5 Å². The molecular formula is C20H23NO4. The van der Waals surface area contributed by atoms with Crippen molar-refractivity contribution >= 4 is 11.6 Å². The van der Waals surface area contributed by atoms with E-state index >= 15 is 0 Å². The van der Waals surface area contributed by atoms with Gasteiger partial charge in [-0.25, -0.2) is 0 Å². The van der Waals surface area contributed by atoms with Crippen LogP contribution in [0, 0.1) is 0 Å². The predicted octanol–water partition coefficient (Wildman–Crippen LogP) is 4.28. The van der Waals surface area contributed by atoms with Gasteiger partial charge in [-0.3, -0.25) is 4.79 Å². The van der Waals surface area contributed by atoms with Crippen LogP contribution in [-0.4, -0.2) is 26.2 Å². The predicted molar refractivity (Wildman–Crippen MR) is 96.8 cm³/mol. The third-order valence-electron chi connectivity index (χ3n) is 4.34. The second-order valence-corrected chi connectivity index (χ2v) is 6.08. The molecule has 132 valence electrons. The van der Waals surface area contributed by atoms with Crippen molar-refractivity contribution in [2.75, 3.05) is 19.5 Å². The van der Waals surface area contributed by atoms with Gasteiger partial charge in [0.25, 0.3) is 5.91 Å². The molecular weight excluding hydrogens is 318 g/mol. The lowest BCUT2D eigenvalue weighted by molar-refractivity contribution is 0.102. The number of rotatable bonds is 6. The zero-order valence-electron chi connectivity index (χ0n) is 14.6. The van der Waals surface area contributed by atoms with Crippen molar-refractivity contribution in [3.8, 4) is 17.2 Å². The lowest BCUT2D eigenvalue weighted by atomic mass is 10.2. The minimum absolute atomic E-state index is 0.209. The minimum atomic E-state index is -0.209. The van der Waals surface area contributed by atoms with Gasteiger partial charge in [-0.2, -0.15) is 0 Å². The van der Waals surface area contributed by atoms with Gasteiger partial charge in [0.1, 0.15) is 5.75 Å². The molecule has 25 heavy (non-hydrogen) atoms. The van der Waals surface area contributed by atoms with Crippen LogP contribution < -0.4 is 19.5 Å². The molecule has 1 N–H and O–H groups in total. The van der Waals surface area contributed by atoms with Crippen molar-refractivity contribution in [3.05, 3.63) is 48.0 Å². The van der Waals surface area contributed by atoms with E-state index in [0.29, 0.717) is 22.7 Å². The highest BCUT2D eigenvalue weighted by atomic mass is 16.5. The molecule has 1 saturated carbocycles. The summed E-state index contributed by atoms with van der Waals surface area (Å²) in [6.07, 6.45) is 4.93. The smallest absolute Gasteiger partial charge is 0.255 e. The Bertz CT molecular complexity index is 738. The number of benzene rings is 2. The summed E-state index contributed by atoms with van der Waals surface area (Å²) in [5, 5.41) is 2.90. The number of methoxy groups -OCH3 is 2. The molecule has 1 fully saturated rings. The number of ether oxygens (including phenoxy) is 3. The average molecular weight is 341 g/mol. The molecule has 0 radical (unpaired) electrons. The molecule has 2 aromatic carbocycles. The van der Waals surface area contributed by atoms with E-state index in [-0.39, 0.29) is 12.0 Å². The zero-order valence-corrected chi connectivity index (χ0v) is 14.6. The Hall–Kier alpha value is -2.69. The number of hydrogen-bond acceptors (Lipinski definition) is 4. The van der Waals surface area contributed by atoms with Crippen molar-refractivity contribution in [1.82, 2.24) is 0 Å². The van der Waals surface area contributed by atoms with Crippen molar-refractivity contribution in [1.29, 1.82) is 0 Å². The van der Waals surface area contributed by atoms with Crippen molar-refractivity contribution in [2.45, 2.75) is 31.8 Å². The summed E-state index contributed by atoms with van der Waals surface area (Å²) in [5.74, 6) is 1.69. The Balaban J connectivity index is 1.70. The molecule has 0 aromatic heterocycles. The van der Waals surface area contributed by atoms with Gasteiger partial charge >= 0.3 is 0 Å². The fourth-order valence-electron chi connectivity index (χ4n) is 3.03. The third kappa shape index (κ3) is 4.24. The van der Waals surface area contributed by atoms with Gasteiger partial charge in [0.2, 0.25) is 0 Å². The molecule has 3 rings (SSSR count). The lowest BCUT2D eigenvalue weighted by Crippen LogP contribution is -2.13. The van der Waals surface area contributed by atoms with Gasteiger partial charge in [0.15, 0.2) is 11.5 Å². The van der Waals surface area contributed by atoms with Gasteiger partial charge in [0.05, 0.1) is 20.3 Å². The van der Waals surface area contributed by atoms with Gasteiger partial charge in [0, 0.05) is 17.3 Å². The molecule has 0 aliphatic heterocycles. The summed E-state index contributed by atoms with van der Waals surface area (Å²) in [7, 11) is 3.11. The standard InChI is InChI=1S/C20H23NO4/c1-23-18-11-10-14(12-19(18)24-2)20(22)21-15-6-5-9-17(13-15)25-16-7-3-4-8-16/h5-6,9-13,16H,3-4,7-8H2,1-2H3,(H,21,22). The minimum Gasteiger partial charge on any atom is -0.493 e. The summed E-state index contributed by atoms with van der Waals surface area (Å²) in [5.41, 5.74) is 1.20. The number of carbonyl (C=O) groups excluding carboxylic acids is 1. The Morgan fingerprint density at radius 3 is 2.48 bits per heavy atom. The Kier molecular flexibility index (Phi) is 5.43. The average Bonchev–Trinajstić information content (AvgIpc) is 3.14. The summed E-state index contributed by atoms with van der Waals surface area (Å²) in [6.45, 7) is 0. The number of carbonyl (C=O) groups is 1. The van der Waals surface area contributed by atoms with E-state index in [1.165, 1.54) is 12.8 Å². The van der Waals surface area contributed by atoms with E-state index in [1.807, 2.05) is 24.3 Å². The van der Waals surface area contributed by atoms with E-state index in [1.54, 1.807) is 32.4 Å². The van der Waals surface area contributed by atoms with Crippen molar-refractivity contribution < 1.29 is 19.0 Å². The van der Waals surface area contributed by atoms with Crippen LogP contribution in [0.15, 0.2) is 42.5 Å². The van der Waals surface area contributed by atoms with E-state index in [4.69, 9.17) is 14.2 Å². The fourth-order valence-corrected chi connectivity index (χ4v) is 3.03. The van der Waals surface area contributed by atoms with Crippen LogP contribution in [0.2, 0.25) is 0 Å². The molecule has 1 aliphatic rings. The van der Waals surface area contributed by atoms with Crippen molar-refractivity contribution in [3.63, 3.8) is 0 Å². The molecule has 0 saturated heterocycles. The highest BCUT2D eigenvalue weighted by molar-refractivity contribution is 6.04. The van der Waals surface area contributed by atoms with Crippen LogP contribution in [0.25, 0.3) is 0 Å². The molecule has 5 nitrogen and oxygen atoms in total. The highest BCUT2D eigenvalue weighted by Crippen LogP contribution is 2.29. The van der Waals surface area contributed by atoms with Crippen LogP contribution in [0.4, 0.5) is 5.69 Å². The van der Waals surface area contributed by atoms with E-state index in [0.717, 1.165) is 18.6 Å². The van der Waals surface area contributed by atoms with Crippen LogP contribution in [0.3, 0.4) is 0 Å². The molecule has 1 aliphatic carbocycles. The lowest BCUT2D eigenvalue weighted by Gasteiger charge is -2.14. The maximum Gasteiger partial charge on any atom is 0.255 e. The first-order valence-electron chi connectivity index (χ1n) is 8.49.